The van der Waals surface area contributed by atoms with Gasteiger partial charge in [-0.15, -0.1) is 10.2 Å². The second-order valence-electron chi connectivity index (χ2n) is 4.17. The highest BCUT2D eigenvalue weighted by atomic mass is 35.5. The van der Waals surface area contributed by atoms with Crippen molar-refractivity contribution < 1.29 is 9.15 Å². The van der Waals surface area contributed by atoms with Gasteiger partial charge < -0.3 is 14.9 Å². The van der Waals surface area contributed by atoms with Crippen LogP contribution in [0.2, 0.25) is 5.02 Å². The molecule has 2 heterocycles. The van der Waals surface area contributed by atoms with E-state index in [1.165, 1.54) is 11.8 Å². The predicted molar refractivity (Wildman–Crippen MR) is 72.5 cm³/mol. The van der Waals surface area contributed by atoms with Gasteiger partial charge in [0.2, 0.25) is 5.89 Å². The first-order valence-electron chi connectivity index (χ1n) is 5.85. The van der Waals surface area contributed by atoms with E-state index in [9.17, 15) is 0 Å². The van der Waals surface area contributed by atoms with Gasteiger partial charge in [-0.1, -0.05) is 23.4 Å². The van der Waals surface area contributed by atoms with Crippen molar-refractivity contribution in [3.63, 3.8) is 0 Å². The lowest BCUT2D eigenvalue weighted by Gasteiger charge is -2.07. The van der Waals surface area contributed by atoms with E-state index in [1.807, 2.05) is 18.2 Å². The van der Waals surface area contributed by atoms with Gasteiger partial charge in [-0.3, -0.25) is 0 Å². The minimum absolute atomic E-state index is 0.103. The molecule has 0 saturated carbocycles. The van der Waals surface area contributed by atoms with Gasteiger partial charge in [0.25, 0.3) is 5.22 Å². The highest BCUT2D eigenvalue weighted by Gasteiger charge is 2.23. The molecular weight excluding hydrogens is 286 g/mol. The van der Waals surface area contributed by atoms with E-state index in [4.69, 9.17) is 26.5 Å². The minimum atomic E-state index is 0.103. The van der Waals surface area contributed by atoms with E-state index in [-0.39, 0.29) is 12.6 Å². The molecule has 1 aromatic heterocycles. The molecule has 0 fully saturated rings. The number of benzene rings is 1. The van der Waals surface area contributed by atoms with Crippen molar-refractivity contribution in [2.75, 3.05) is 5.75 Å². The van der Waals surface area contributed by atoms with E-state index in [0.29, 0.717) is 11.1 Å². The Morgan fingerprint density at radius 1 is 1.42 bits per heavy atom. The number of hydrogen-bond donors (Lipinski definition) is 1. The molecule has 0 spiro atoms. The van der Waals surface area contributed by atoms with Gasteiger partial charge in [0.15, 0.2) is 0 Å². The quantitative estimate of drug-likeness (QED) is 0.873. The summed E-state index contributed by atoms with van der Waals surface area (Å²) in [6.07, 6.45) is 0.951. The summed E-state index contributed by atoms with van der Waals surface area (Å²) in [5.41, 5.74) is 6.56. The molecule has 0 aliphatic carbocycles. The van der Waals surface area contributed by atoms with E-state index in [1.54, 1.807) is 0 Å². The fourth-order valence-corrected chi connectivity index (χ4v) is 2.89. The number of nitrogens with zero attached hydrogens (tertiary/aromatic N) is 2. The molecule has 0 amide bonds. The van der Waals surface area contributed by atoms with Crippen molar-refractivity contribution in [2.24, 2.45) is 5.73 Å². The van der Waals surface area contributed by atoms with Crippen molar-refractivity contribution in [1.29, 1.82) is 0 Å². The number of aromatic nitrogens is 2. The molecule has 1 unspecified atom stereocenters. The maximum Gasteiger partial charge on any atom is 0.276 e. The summed E-state index contributed by atoms with van der Waals surface area (Å²) >= 11 is 7.43. The normalized spacial score (nSPS) is 17.3. The summed E-state index contributed by atoms with van der Waals surface area (Å²) in [5.74, 6) is 2.10. The molecule has 100 valence electrons. The van der Waals surface area contributed by atoms with Crippen LogP contribution in [0.25, 0.3) is 0 Å². The van der Waals surface area contributed by atoms with Crippen LogP contribution in [-0.4, -0.2) is 22.1 Å². The lowest BCUT2D eigenvalue weighted by Crippen LogP contribution is -2.15. The lowest BCUT2D eigenvalue weighted by atomic mass is 10.1. The molecule has 1 aliphatic rings. The van der Waals surface area contributed by atoms with Crippen molar-refractivity contribution >= 4 is 23.4 Å². The maximum atomic E-state index is 5.96. The lowest BCUT2D eigenvalue weighted by molar-refractivity contribution is 0.259. The number of halogens is 1. The summed E-state index contributed by atoms with van der Waals surface area (Å²) in [4.78, 5) is 0. The van der Waals surface area contributed by atoms with Crippen LogP contribution in [0.4, 0.5) is 0 Å². The number of ether oxygens (including phenoxy) is 1. The average molecular weight is 298 g/mol. The van der Waals surface area contributed by atoms with Crippen molar-refractivity contribution in [2.45, 2.75) is 24.3 Å². The number of nitrogens with two attached hydrogens (primary N) is 1. The topological polar surface area (TPSA) is 74.2 Å². The Labute approximate surface area is 119 Å². The van der Waals surface area contributed by atoms with Gasteiger partial charge in [0, 0.05) is 17.2 Å². The first-order valence-corrected chi connectivity index (χ1v) is 7.21. The number of rotatable bonds is 4. The SMILES string of the molecule is NCc1nnc(SCC2Cc3cc(Cl)ccc3O2)o1. The van der Waals surface area contributed by atoms with Crippen molar-refractivity contribution in [1.82, 2.24) is 10.2 Å². The molecule has 5 nitrogen and oxygen atoms in total. The van der Waals surface area contributed by atoms with Crippen LogP contribution in [0.1, 0.15) is 11.5 Å². The second kappa shape index (κ2) is 5.40. The molecule has 1 atom stereocenters. The van der Waals surface area contributed by atoms with E-state index in [2.05, 4.69) is 10.2 Å². The fourth-order valence-electron chi connectivity index (χ4n) is 1.93. The van der Waals surface area contributed by atoms with Gasteiger partial charge in [0.1, 0.15) is 11.9 Å². The van der Waals surface area contributed by atoms with E-state index < -0.39 is 0 Å². The van der Waals surface area contributed by atoms with Crippen molar-refractivity contribution in [3.05, 3.63) is 34.7 Å². The third kappa shape index (κ3) is 2.86. The van der Waals surface area contributed by atoms with Crippen LogP contribution in [0.15, 0.2) is 27.8 Å². The van der Waals surface area contributed by atoms with Gasteiger partial charge in [-0.05, 0) is 23.8 Å². The fraction of sp³-hybridized carbons (Fsp3) is 0.333. The Hall–Kier alpha value is -1.24. The van der Waals surface area contributed by atoms with Gasteiger partial charge >= 0.3 is 0 Å². The number of hydrogen-bond acceptors (Lipinski definition) is 6. The third-order valence-electron chi connectivity index (χ3n) is 2.78. The first-order chi connectivity index (χ1) is 9.24. The van der Waals surface area contributed by atoms with Crippen molar-refractivity contribution in [3.8, 4) is 5.75 Å². The Morgan fingerprint density at radius 2 is 2.32 bits per heavy atom. The molecular formula is C12H12ClN3O2S. The Morgan fingerprint density at radius 3 is 3.11 bits per heavy atom. The highest BCUT2D eigenvalue weighted by molar-refractivity contribution is 7.99. The number of thioether (sulfide) groups is 1. The molecule has 0 bridgehead atoms. The average Bonchev–Trinajstić information content (AvgIpc) is 3.01. The standard InChI is InChI=1S/C12H12ClN3O2S/c13-8-1-2-10-7(3-8)4-9(17-10)6-19-12-16-15-11(5-14)18-12/h1-3,9H,4-6,14H2. The Bertz CT molecular complexity index is 590. The summed E-state index contributed by atoms with van der Waals surface area (Å²) in [5, 5.41) is 8.97. The van der Waals surface area contributed by atoms with E-state index in [0.717, 1.165) is 28.5 Å². The molecule has 1 aliphatic heterocycles. The Kier molecular flexibility index (Phi) is 3.63. The molecule has 7 heteroatoms. The van der Waals surface area contributed by atoms with Gasteiger partial charge in [-0.25, -0.2) is 0 Å². The molecule has 3 rings (SSSR count). The first kappa shape index (κ1) is 12.8. The molecule has 2 aromatic rings. The highest BCUT2D eigenvalue weighted by Crippen LogP contribution is 2.33. The molecule has 0 radical (unpaired) electrons. The largest absolute Gasteiger partial charge is 0.489 e. The minimum Gasteiger partial charge on any atom is -0.489 e. The monoisotopic (exact) mass is 297 g/mol. The predicted octanol–water partition coefficient (Wildman–Crippen LogP) is 2.28. The summed E-state index contributed by atoms with van der Waals surface area (Å²) in [6, 6.07) is 5.68. The van der Waals surface area contributed by atoms with Crippen LogP contribution in [0.5, 0.6) is 5.75 Å². The van der Waals surface area contributed by atoms with Crippen LogP contribution in [0.3, 0.4) is 0 Å². The summed E-state index contributed by atoms with van der Waals surface area (Å²) < 4.78 is 11.2. The van der Waals surface area contributed by atoms with Crippen LogP contribution >= 0.6 is 23.4 Å². The summed E-state index contributed by atoms with van der Waals surface area (Å²) in [7, 11) is 0. The van der Waals surface area contributed by atoms with E-state index >= 15 is 0 Å². The second-order valence-corrected chi connectivity index (χ2v) is 5.58. The maximum absolute atomic E-state index is 5.96. The number of fused-ring (bicyclic) bond motifs is 1. The molecule has 0 saturated heterocycles. The third-order valence-corrected chi connectivity index (χ3v) is 3.96. The molecule has 1 aromatic carbocycles. The van der Waals surface area contributed by atoms with Gasteiger partial charge in [-0.2, -0.15) is 0 Å². The van der Waals surface area contributed by atoms with Crippen LogP contribution in [0, 0.1) is 0 Å². The zero-order chi connectivity index (χ0) is 13.2. The van der Waals surface area contributed by atoms with Crippen LogP contribution in [-0.2, 0) is 13.0 Å². The zero-order valence-corrected chi connectivity index (χ0v) is 11.6. The molecule has 2 N–H and O–H groups in total. The molecule has 19 heavy (non-hydrogen) atoms. The zero-order valence-electron chi connectivity index (χ0n) is 10.0. The van der Waals surface area contributed by atoms with Crippen LogP contribution < -0.4 is 10.5 Å². The summed E-state index contributed by atoms with van der Waals surface area (Å²) in [6.45, 7) is 0.261. The smallest absolute Gasteiger partial charge is 0.276 e. The van der Waals surface area contributed by atoms with Gasteiger partial charge in [0.05, 0.1) is 6.54 Å². The Balaban J connectivity index is 1.58.